The van der Waals surface area contributed by atoms with Crippen LogP contribution < -0.4 is 10.2 Å². The predicted molar refractivity (Wildman–Crippen MR) is 151 cm³/mol. The minimum atomic E-state index is 0. The second-order valence-electron chi connectivity index (χ2n) is 10.0. The Bertz CT molecular complexity index is 1070. The molecule has 0 aromatic heterocycles. The zero-order chi connectivity index (χ0) is 22.4. The van der Waals surface area contributed by atoms with Gasteiger partial charge in [-0.1, -0.05) is 42.8 Å². The fraction of sp³-hybridized carbons (Fsp3) is 0.519. The summed E-state index contributed by atoms with van der Waals surface area (Å²) in [6.45, 7) is 4.62. The smallest absolute Gasteiger partial charge is 0.128 e. The summed E-state index contributed by atoms with van der Waals surface area (Å²) in [6.07, 6.45) is 7.33. The Morgan fingerprint density at radius 3 is 2.66 bits per heavy atom. The third-order valence-electron chi connectivity index (χ3n) is 7.83. The number of halogens is 2. The number of fused-ring (bicyclic) bond motifs is 3. The van der Waals surface area contributed by atoms with Crippen LogP contribution in [0.15, 0.2) is 57.2 Å². The van der Waals surface area contributed by atoms with Gasteiger partial charge in [0.2, 0.25) is 0 Å². The van der Waals surface area contributed by atoms with Crippen LogP contribution in [0.3, 0.4) is 0 Å². The number of aliphatic imine (C=N–C) groups is 1. The quantitative estimate of drug-likeness (QED) is 0.519. The standard InChI is InChI=1S/C27H34N4OS.2ClH/c1-18(16-30-14-6-7-20(30)17-32)31-23-10-4-5-11-25(23)33-26-13-12-19(15-24(26)31)27-28-21-8-2-3-9-22(21)29-27;;/h4-5,10-13,15,18,20-22,32H,2-3,6-9,14,16-17H2,1H3,(H,28,29);2*1H/t18?,20-,21?,22?;;/m1../s1. The van der Waals surface area contributed by atoms with Crippen molar-refractivity contribution in [2.75, 3.05) is 24.6 Å². The largest absolute Gasteiger partial charge is 0.395 e. The van der Waals surface area contributed by atoms with Crippen molar-refractivity contribution in [2.24, 2.45) is 4.99 Å². The molecule has 5 nitrogen and oxygen atoms in total. The van der Waals surface area contributed by atoms with Gasteiger partial charge in [0.1, 0.15) is 5.84 Å². The summed E-state index contributed by atoms with van der Waals surface area (Å²) in [6, 6.07) is 17.2. The lowest BCUT2D eigenvalue weighted by Gasteiger charge is -2.39. The topological polar surface area (TPSA) is 51.1 Å². The maximum atomic E-state index is 9.84. The molecule has 4 aliphatic rings. The van der Waals surface area contributed by atoms with Crippen molar-refractivity contribution in [1.29, 1.82) is 0 Å². The summed E-state index contributed by atoms with van der Waals surface area (Å²) in [4.78, 5) is 12.7. The molecule has 1 saturated carbocycles. The highest BCUT2D eigenvalue weighted by Gasteiger charge is 2.34. The Hall–Kier alpha value is -1.44. The second-order valence-corrected chi connectivity index (χ2v) is 11.1. The number of rotatable bonds is 5. The van der Waals surface area contributed by atoms with Crippen LogP contribution in [-0.2, 0) is 0 Å². The minimum absolute atomic E-state index is 0. The van der Waals surface area contributed by atoms with Crippen LogP contribution in [0.4, 0.5) is 11.4 Å². The lowest BCUT2D eigenvalue weighted by Crippen LogP contribution is -2.44. The molecule has 3 unspecified atom stereocenters. The van der Waals surface area contributed by atoms with E-state index in [2.05, 4.69) is 64.5 Å². The minimum Gasteiger partial charge on any atom is -0.395 e. The molecule has 0 bridgehead atoms. The summed E-state index contributed by atoms with van der Waals surface area (Å²) in [5.41, 5.74) is 3.77. The van der Waals surface area contributed by atoms with E-state index in [1.165, 1.54) is 58.8 Å². The number of hydrogen-bond acceptors (Lipinski definition) is 6. The zero-order valence-corrected chi connectivity index (χ0v) is 22.7. The Kier molecular flexibility index (Phi) is 8.60. The predicted octanol–water partition coefficient (Wildman–Crippen LogP) is 5.64. The van der Waals surface area contributed by atoms with E-state index in [0.29, 0.717) is 24.2 Å². The number of likely N-dealkylation sites (tertiary alicyclic amines) is 1. The number of anilines is 2. The fourth-order valence-electron chi connectivity index (χ4n) is 6.14. The van der Waals surface area contributed by atoms with E-state index in [4.69, 9.17) is 4.99 Å². The second kappa shape index (κ2) is 11.3. The van der Waals surface area contributed by atoms with Gasteiger partial charge in [-0.25, -0.2) is 0 Å². The first-order valence-electron chi connectivity index (χ1n) is 12.6. The van der Waals surface area contributed by atoms with E-state index >= 15 is 0 Å². The number of nitrogens with zero attached hydrogens (tertiary/aromatic N) is 3. The summed E-state index contributed by atoms with van der Waals surface area (Å²) < 4.78 is 0. The highest BCUT2D eigenvalue weighted by molar-refractivity contribution is 7.99. The molecule has 1 saturated heterocycles. The third-order valence-corrected chi connectivity index (χ3v) is 8.96. The highest BCUT2D eigenvalue weighted by Crippen LogP contribution is 2.49. The molecule has 2 N–H and O–H groups in total. The molecule has 0 radical (unpaired) electrons. The number of para-hydroxylation sites is 1. The average molecular weight is 536 g/mol. The first-order chi connectivity index (χ1) is 16.2. The summed E-state index contributed by atoms with van der Waals surface area (Å²) in [5, 5.41) is 13.6. The zero-order valence-electron chi connectivity index (χ0n) is 20.2. The van der Waals surface area contributed by atoms with Crippen LogP contribution in [0.2, 0.25) is 0 Å². The molecule has 190 valence electrons. The van der Waals surface area contributed by atoms with Crippen molar-refractivity contribution in [3.8, 4) is 0 Å². The van der Waals surface area contributed by atoms with Crippen molar-refractivity contribution in [3.63, 3.8) is 0 Å². The molecule has 6 rings (SSSR count). The lowest BCUT2D eigenvalue weighted by molar-refractivity contribution is 0.154. The molecule has 2 aromatic carbocycles. The molecule has 2 aromatic rings. The van der Waals surface area contributed by atoms with Gasteiger partial charge in [-0.05, 0) is 63.4 Å². The molecule has 35 heavy (non-hydrogen) atoms. The molecular weight excluding hydrogens is 499 g/mol. The molecule has 0 amide bonds. The Morgan fingerprint density at radius 1 is 1.03 bits per heavy atom. The van der Waals surface area contributed by atoms with Crippen molar-refractivity contribution in [2.45, 2.75) is 79.4 Å². The molecule has 3 aliphatic heterocycles. The van der Waals surface area contributed by atoms with E-state index in [9.17, 15) is 5.11 Å². The molecule has 0 spiro atoms. The maximum absolute atomic E-state index is 9.84. The van der Waals surface area contributed by atoms with Crippen LogP contribution in [0.25, 0.3) is 0 Å². The van der Waals surface area contributed by atoms with Crippen molar-refractivity contribution < 1.29 is 5.11 Å². The van der Waals surface area contributed by atoms with Gasteiger partial charge in [-0.2, -0.15) is 0 Å². The number of aliphatic hydroxyl groups excluding tert-OH is 1. The number of amidine groups is 1. The molecule has 1 aliphatic carbocycles. The van der Waals surface area contributed by atoms with Gasteiger partial charge >= 0.3 is 0 Å². The normalized spacial score (nSPS) is 25.8. The van der Waals surface area contributed by atoms with Gasteiger partial charge in [0, 0.05) is 40.0 Å². The SMILES string of the molecule is CC(CN1CCC[C@@H]1CO)N1c2ccccc2Sc2ccc(C3=NC4CCCCC4N3)cc21.Cl.Cl. The van der Waals surface area contributed by atoms with E-state index < -0.39 is 0 Å². The summed E-state index contributed by atoms with van der Waals surface area (Å²) >= 11 is 1.87. The molecule has 8 heteroatoms. The van der Waals surface area contributed by atoms with Crippen LogP contribution >= 0.6 is 36.6 Å². The van der Waals surface area contributed by atoms with Gasteiger partial charge in [0.25, 0.3) is 0 Å². The van der Waals surface area contributed by atoms with Crippen molar-refractivity contribution >= 4 is 53.8 Å². The number of hydrogen-bond donors (Lipinski definition) is 2. The molecule has 3 heterocycles. The molecule has 4 atom stereocenters. The molecule has 2 fully saturated rings. The number of benzene rings is 2. The van der Waals surface area contributed by atoms with Gasteiger partial charge < -0.3 is 15.3 Å². The fourth-order valence-corrected chi connectivity index (χ4v) is 7.19. The van der Waals surface area contributed by atoms with Crippen LogP contribution in [0.1, 0.15) is 51.0 Å². The maximum Gasteiger partial charge on any atom is 0.128 e. The van der Waals surface area contributed by atoms with Crippen molar-refractivity contribution in [3.05, 3.63) is 48.0 Å². The average Bonchev–Trinajstić information content (AvgIpc) is 3.48. The van der Waals surface area contributed by atoms with E-state index in [1.807, 2.05) is 11.8 Å². The van der Waals surface area contributed by atoms with Crippen LogP contribution in [0, 0.1) is 0 Å². The number of nitrogens with one attached hydrogen (secondary N) is 1. The van der Waals surface area contributed by atoms with Gasteiger partial charge in [0.15, 0.2) is 0 Å². The van der Waals surface area contributed by atoms with Crippen LogP contribution in [-0.4, -0.2) is 59.7 Å². The molecular formula is C27H36Cl2N4OS. The Balaban J connectivity index is 0.00000144. The Morgan fingerprint density at radius 2 is 1.83 bits per heavy atom. The highest BCUT2D eigenvalue weighted by atomic mass is 35.5. The number of aliphatic hydroxyl groups is 1. The summed E-state index contributed by atoms with van der Waals surface area (Å²) in [7, 11) is 0. The third kappa shape index (κ3) is 5.05. The monoisotopic (exact) mass is 534 g/mol. The first-order valence-corrected chi connectivity index (χ1v) is 13.4. The van der Waals surface area contributed by atoms with Crippen LogP contribution in [0.5, 0.6) is 0 Å². The van der Waals surface area contributed by atoms with Crippen molar-refractivity contribution in [1.82, 2.24) is 10.2 Å². The van der Waals surface area contributed by atoms with E-state index in [0.717, 1.165) is 25.3 Å². The van der Waals surface area contributed by atoms with E-state index in [1.54, 1.807) is 0 Å². The van der Waals surface area contributed by atoms with E-state index in [-0.39, 0.29) is 31.4 Å². The first kappa shape index (κ1) is 26.6. The van der Waals surface area contributed by atoms with Gasteiger partial charge in [-0.15, -0.1) is 24.8 Å². The Labute approximate surface area is 225 Å². The summed E-state index contributed by atoms with van der Waals surface area (Å²) in [5.74, 6) is 1.08. The lowest BCUT2D eigenvalue weighted by atomic mass is 9.92. The van der Waals surface area contributed by atoms with Gasteiger partial charge in [-0.3, -0.25) is 9.89 Å². The van der Waals surface area contributed by atoms with Gasteiger partial charge in [0.05, 0.1) is 24.0 Å².